The van der Waals surface area contributed by atoms with Gasteiger partial charge in [0.2, 0.25) is 0 Å². The van der Waals surface area contributed by atoms with Crippen LogP contribution in [0.1, 0.15) is 34.5 Å². The van der Waals surface area contributed by atoms with Crippen molar-refractivity contribution >= 4 is 34.8 Å². The van der Waals surface area contributed by atoms with Gasteiger partial charge < -0.3 is 10.0 Å². The first-order chi connectivity index (χ1) is 8.50. The summed E-state index contributed by atoms with van der Waals surface area (Å²) in [5, 5.41) is 11.1. The van der Waals surface area contributed by atoms with E-state index in [-0.39, 0.29) is 24.9 Å². The smallest absolute Gasteiger partial charge is 0.305 e. The van der Waals surface area contributed by atoms with E-state index >= 15 is 0 Å². The van der Waals surface area contributed by atoms with Crippen LogP contribution in [0.15, 0.2) is 5.38 Å². The lowest BCUT2D eigenvalue weighted by atomic mass is 10.3. The van der Waals surface area contributed by atoms with E-state index in [0.717, 1.165) is 18.4 Å². The second-order valence-electron chi connectivity index (χ2n) is 4.44. The number of carbonyl (C=O) groups excluding carboxylic acids is 1. The first kappa shape index (κ1) is 13.4. The predicted molar refractivity (Wildman–Crippen MR) is 70.4 cm³/mol. The SMILES string of the molecule is Cc1csc(C(=O)N(CCC(=O)O)C2CC2)c1Cl. The van der Waals surface area contributed by atoms with Gasteiger partial charge in [-0.1, -0.05) is 11.6 Å². The summed E-state index contributed by atoms with van der Waals surface area (Å²) in [6.07, 6.45) is 1.88. The van der Waals surface area contributed by atoms with Gasteiger partial charge in [-0.25, -0.2) is 0 Å². The topological polar surface area (TPSA) is 57.6 Å². The number of halogens is 1. The molecule has 0 spiro atoms. The molecule has 2 rings (SSSR count). The molecule has 0 bridgehead atoms. The van der Waals surface area contributed by atoms with E-state index in [1.165, 1.54) is 11.3 Å². The van der Waals surface area contributed by atoms with E-state index in [2.05, 4.69) is 0 Å². The predicted octanol–water partition coefficient (Wildman–Crippen LogP) is 2.79. The molecule has 1 amide bonds. The van der Waals surface area contributed by atoms with Crippen LogP contribution in [0.25, 0.3) is 0 Å². The molecule has 1 saturated carbocycles. The third kappa shape index (κ3) is 2.84. The highest BCUT2D eigenvalue weighted by molar-refractivity contribution is 7.13. The summed E-state index contributed by atoms with van der Waals surface area (Å²) in [5.41, 5.74) is 0.888. The summed E-state index contributed by atoms with van der Waals surface area (Å²) in [4.78, 5) is 25.1. The first-order valence-electron chi connectivity index (χ1n) is 5.77. The van der Waals surface area contributed by atoms with Gasteiger partial charge in [0.05, 0.1) is 11.4 Å². The van der Waals surface area contributed by atoms with Crippen LogP contribution >= 0.6 is 22.9 Å². The van der Waals surface area contributed by atoms with Gasteiger partial charge in [0, 0.05) is 12.6 Å². The molecule has 1 N–H and O–H groups in total. The molecule has 0 aliphatic heterocycles. The van der Waals surface area contributed by atoms with Crippen LogP contribution in [0, 0.1) is 6.92 Å². The molecule has 1 heterocycles. The highest BCUT2D eigenvalue weighted by Gasteiger charge is 2.34. The Labute approximate surface area is 114 Å². The molecular formula is C12H14ClNO3S. The van der Waals surface area contributed by atoms with Crippen LogP contribution in [0.2, 0.25) is 5.02 Å². The second-order valence-corrected chi connectivity index (χ2v) is 5.69. The lowest BCUT2D eigenvalue weighted by molar-refractivity contribution is -0.137. The number of amides is 1. The molecule has 1 fully saturated rings. The molecule has 1 aliphatic carbocycles. The molecule has 0 unspecified atom stereocenters. The maximum atomic E-state index is 12.3. The largest absolute Gasteiger partial charge is 0.481 e. The lowest BCUT2D eigenvalue weighted by Gasteiger charge is -2.21. The van der Waals surface area contributed by atoms with Crippen LogP contribution in [0.3, 0.4) is 0 Å². The van der Waals surface area contributed by atoms with E-state index in [9.17, 15) is 9.59 Å². The van der Waals surface area contributed by atoms with E-state index in [0.29, 0.717) is 9.90 Å². The van der Waals surface area contributed by atoms with Gasteiger partial charge in [-0.3, -0.25) is 9.59 Å². The molecule has 1 aromatic rings. The molecule has 0 aromatic carbocycles. The normalized spacial score (nSPS) is 14.6. The average Bonchev–Trinajstić information content (AvgIpc) is 3.08. The quantitative estimate of drug-likeness (QED) is 0.906. The van der Waals surface area contributed by atoms with Gasteiger partial charge in [0.1, 0.15) is 4.88 Å². The second kappa shape index (κ2) is 5.28. The van der Waals surface area contributed by atoms with Crippen LogP contribution < -0.4 is 0 Å². The number of nitrogens with zero attached hydrogens (tertiary/aromatic N) is 1. The molecule has 6 heteroatoms. The number of rotatable bonds is 5. The van der Waals surface area contributed by atoms with Gasteiger partial charge in [0.15, 0.2) is 0 Å². The number of aryl methyl sites for hydroxylation is 1. The Kier molecular flexibility index (Phi) is 3.92. The molecule has 0 radical (unpaired) electrons. The highest BCUT2D eigenvalue weighted by atomic mass is 35.5. The maximum Gasteiger partial charge on any atom is 0.305 e. The van der Waals surface area contributed by atoms with Crippen molar-refractivity contribution in [3.8, 4) is 0 Å². The summed E-state index contributed by atoms with van der Waals surface area (Å²) < 4.78 is 0. The van der Waals surface area contributed by atoms with Crippen LogP contribution in [-0.4, -0.2) is 34.5 Å². The first-order valence-corrected chi connectivity index (χ1v) is 7.03. The van der Waals surface area contributed by atoms with E-state index in [1.54, 1.807) is 4.90 Å². The number of carboxylic acids is 1. The third-order valence-electron chi connectivity index (χ3n) is 2.91. The van der Waals surface area contributed by atoms with Gasteiger partial charge >= 0.3 is 5.97 Å². The van der Waals surface area contributed by atoms with Crippen LogP contribution in [0.5, 0.6) is 0 Å². The Morgan fingerprint density at radius 3 is 2.67 bits per heavy atom. The van der Waals surface area contributed by atoms with Crippen molar-refractivity contribution in [2.45, 2.75) is 32.2 Å². The Balaban J connectivity index is 2.13. The standard InChI is InChI=1S/C12H14ClNO3S/c1-7-6-18-11(10(7)13)12(17)14(8-2-3-8)5-4-9(15)16/h6,8H,2-5H2,1H3,(H,15,16). The Morgan fingerprint density at radius 2 is 2.22 bits per heavy atom. The number of hydrogen-bond donors (Lipinski definition) is 1. The van der Waals surface area contributed by atoms with Crippen LogP contribution in [0.4, 0.5) is 0 Å². The van der Waals surface area contributed by atoms with Gasteiger partial charge in [-0.2, -0.15) is 0 Å². The van der Waals surface area contributed by atoms with Crippen molar-refractivity contribution in [3.05, 3.63) is 20.8 Å². The van der Waals surface area contributed by atoms with Crippen molar-refractivity contribution in [2.75, 3.05) is 6.54 Å². The van der Waals surface area contributed by atoms with Crippen molar-refractivity contribution in [1.29, 1.82) is 0 Å². The van der Waals surface area contributed by atoms with Crippen molar-refractivity contribution in [2.24, 2.45) is 0 Å². The number of thiophene rings is 1. The molecule has 98 valence electrons. The summed E-state index contributed by atoms with van der Waals surface area (Å²) >= 11 is 7.40. The lowest BCUT2D eigenvalue weighted by Crippen LogP contribution is -2.34. The molecule has 1 aromatic heterocycles. The summed E-state index contributed by atoms with van der Waals surface area (Å²) in [6.45, 7) is 2.11. The summed E-state index contributed by atoms with van der Waals surface area (Å²) in [7, 11) is 0. The van der Waals surface area contributed by atoms with Crippen molar-refractivity contribution < 1.29 is 14.7 Å². The zero-order chi connectivity index (χ0) is 13.3. The van der Waals surface area contributed by atoms with Crippen molar-refractivity contribution in [1.82, 2.24) is 4.90 Å². The fourth-order valence-corrected chi connectivity index (χ4v) is 2.99. The average molecular weight is 288 g/mol. The molecule has 1 aliphatic rings. The minimum absolute atomic E-state index is 0.0236. The zero-order valence-corrected chi connectivity index (χ0v) is 11.6. The monoisotopic (exact) mass is 287 g/mol. The zero-order valence-electron chi connectivity index (χ0n) is 9.98. The highest BCUT2D eigenvalue weighted by Crippen LogP contribution is 2.33. The molecule has 18 heavy (non-hydrogen) atoms. The number of aliphatic carboxylic acids is 1. The van der Waals surface area contributed by atoms with E-state index < -0.39 is 5.97 Å². The molecular weight excluding hydrogens is 274 g/mol. The Hall–Kier alpha value is -1.07. The molecule has 0 saturated heterocycles. The fourth-order valence-electron chi connectivity index (χ4n) is 1.76. The fraction of sp³-hybridized carbons (Fsp3) is 0.500. The van der Waals surface area contributed by atoms with Gasteiger partial charge in [0.25, 0.3) is 5.91 Å². The summed E-state index contributed by atoms with van der Waals surface area (Å²) in [6, 6.07) is 0.190. The van der Waals surface area contributed by atoms with Gasteiger partial charge in [-0.05, 0) is 30.7 Å². The Morgan fingerprint density at radius 1 is 1.56 bits per heavy atom. The summed E-state index contributed by atoms with van der Waals surface area (Å²) in [5.74, 6) is -1.02. The molecule has 4 nitrogen and oxygen atoms in total. The van der Waals surface area contributed by atoms with E-state index in [1.807, 2.05) is 12.3 Å². The minimum atomic E-state index is -0.887. The molecule has 0 atom stereocenters. The Bertz CT molecular complexity index is 482. The maximum absolute atomic E-state index is 12.3. The number of carboxylic acid groups (broad SMARTS) is 1. The van der Waals surface area contributed by atoms with Crippen LogP contribution in [-0.2, 0) is 4.79 Å². The van der Waals surface area contributed by atoms with Gasteiger partial charge in [-0.15, -0.1) is 11.3 Å². The van der Waals surface area contributed by atoms with Crippen molar-refractivity contribution in [3.63, 3.8) is 0 Å². The number of carbonyl (C=O) groups is 2. The third-order valence-corrected chi connectivity index (χ3v) is 4.59. The minimum Gasteiger partial charge on any atom is -0.481 e. The van der Waals surface area contributed by atoms with E-state index in [4.69, 9.17) is 16.7 Å². The number of hydrogen-bond acceptors (Lipinski definition) is 3.